The predicted octanol–water partition coefficient (Wildman–Crippen LogP) is 2.25. The lowest BCUT2D eigenvalue weighted by atomic mass is 9.96. The topological polar surface area (TPSA) is 48.0 Å². The van der Waals surface area contributed by atoms with Crippen LogP contribution in [0.2, 0.25) is 0 Å². The van der Waals surface area contributed by atoms with Gasteiger partial charge in [0.25, 0.3) is 0 Å². The quantitative estimate of drug-likeness (QED) is 0.798. The molecule has 0 unspecified atom stereocenters. The molecular formula is C19H23NO4. The van der Waals surface area contributed by atoms with Gasteiger partial charge in [-0.15, -0.1) is 0 Å². The second-order valence-corrected chi connectivity index (χ2v) is 6.57. The molecule has 0 N–H and O–H groups in total. The zero-order valence-corrected chi connectivity index (χ0v) is 13.8. The third-order valence-electron chi connectivity index (χ3n) is 5.02. The number of hydrogen-bond donors (Lipinski definition) is 0. The molecule has 3 aliphatic rings. The van der Waals surface area contributed by atoms with Gasteiger partial charge >= 0.3 is 0 Å². The van der Waals surface area contributed by atoms with Crippen molar-refractivity contribution in [3.05, 3.63) is 35.4 Å². The van der Waals surface area contributed by atoms with E-state index in [2.05, 4.69) is 6.07 Å². The number of piperidine rings is 1. The molecule has 3 heterocycles. The summed E-state index contributed by atoms with van der Waals surface area (Å²) in [4.78, 5) is 14.3. The fourth-order valence-corrected chi connectivity index (χ4v) is 3.62. The molecule has 2 fully saturated rings. The first-order valence-electron chi connectivity index (χ1n) is 8.75. The summed E-state index contributed by atoms with van der Waals surface area (Å²) < 4.78 is 16.7. The van der Waals surface area contributed by atoms with E-state index in [4.69, 9.17) is 14.2 Å². The smallest absolute Gasteiger partial charge is 0.246 e. The number of ether oxygens (including phenoxy) is 3. The number of hydrogen-bond acceptors (Lipinski definition) is 4. The van der Waals surface area contributed by atoms with Gasteiger partial charge in [0, 0.05) is 31.5 Å². The number of rotatable bonds is 3. The van der Waals surface area contributed by atoms with Gasteiger partial charge in [-0.05, 0) is 42.2 Å². The molecule has 0 atom stereocenters. The minimum atomic E-state index is -0.0635. The molecule has 128 valence electrons. The Labute approximate surface area is 142 Å². The lowest BCUT2D eigenvalue weighted by Gasteiger charge is -2.33. The summed E-state index contributed by atoms with van der Waals surface area (Å²) >= 11 is 0. The molecular weight excluding hydrogens is 306 g/mol. The fraction of sp³-hybridized carbons (Fsp3) is 0.526. The van der Waals surface area contributed by atoms with Crippen LogP contribution in [0, 0.1) is 5.92 Å². The second kappa shape index (κ2) is 6.95. The highest BCUT2D eigenvalue weighted by molar-refractivity contribution is 5.91. The Kier molecular flexibility index (Phi) is 4.54. The summed E-state index contributed by atoms with van der Waals surface area (Å²) in [5, 5.41) is 0. The molecule has 5 nitrogen and oxygen atoms in total. The molecule has 5 heteroatoms. The van der Waals surface area contributed by atoms with Crippen molar-refractivity contribution in [2.24, 2.45) is 5.92 Å². The van der Waals surface area contributed by atoms with Crippen molar-refractivity contribution in [1.82, 2.24) is 4.90 Å². The van der Waals surface area contributed by atoms with Crippen molar-refractivity contribution in [1.29, 1.82) is 0 Å². The molecule has 0 aliphatic carbocycles. The lowest BCUT2D eigenvalue weighted by molar-refractivity contribution is -0.131. The van der Waals surface area contributed by atoms with Crippen molar-refractivity contribution in [3.63, 3.8) is 0 Å². The monoisotopic (exact) mass is 329 g/mol. The number of nitrogens with zero attached hydrogens (tertiary/aromatic N) is 1. The number of fused-ring (bicyclic) bond motifs is 1. The zero-order chi connectivity index (χ0) is 16.4. The third kappa shape index (κ3) is 3.32. The molecule has 0 spiro atoms. The first kappa shape index (κ1) is 15.7. The number of carbonyl (C=O) groups is 1. The van der Waals surface area contributed by atoms with Crippen LogP contribution in [0.3, 0.4) is 0 Å². The van der Waals surface area contributed by atoms with Gasteiger partial charge in [0.15, 0.2) is 6.29 Å². The highest BCUT2D eigenvalue weighted by atomic mass is 16.7. The number of carbonyl (C=O) groups excluding carboxylic acids is 1. The maximum absolute atomic E-state index is 12.4. The summed E-state index contributed by atoms with van der Waals surface area (Å²) in [7, 11) is 0. The van der Waals surface area contributed by atoms with Crippen LogP contribution < -0.4 is 4.74 Å². The Morgan fingerprint density at radius 2 is 1.92 bits per heavy atom. The van der Waals surface area contributed by atoms with Gasteiger partial charge in [-0.3, -0.25) is 4.79 Å². The van der Waals surface area contributed by atoms with Gasteiger partial charge in [0.2, 0.25) is 5.91 Å². The van der Waals surface area contributed by atoms with Gasteiger partial charge in [-0.1, -0.05) is 6.07 Å². The maximum atomic E-state index is 12.4. The van der Waals surface area contributed by atoms with Crippen LogP contribution >= 0.6 is 0 Å². The van der Waals surface area contributed by atoms with Crippen LogP contribution in [0.15, 0.2) is 24.3 Å². The van der Waals surface area contributed by atoms with E-state index in [9.17, 15) is 4.79 Å². The molecule has 1 aromatic rings. The molecule has 2 saturated heterocycles. The van der Waals surface area contributed by atoms with Crippen LogP contribution in [-0.2, 0) is 20.7 Å². The van der Waals surface area contributed by atoms with Gasteiger partial charge in [-0.2, -0.15) is 0 Å². The number of amides is 1. The lowest BCUT2D eigenvalue weighted by Crippen LogP contribution is -2.40. The molecule has 1 aromatic carbocycles. The van der Waals surface area contributed by atoms with Crippen molar-refractivity contribution in [2.75, 3.05) is 32.9 Å². The Balaban J connectivity index is 1.31. The van der Waals surface area contributed by atoms with Crippen LogP contribution in [0.5, 0.6) is 5.75 Å². The summed E-state index contributed by atoms with van der Waals surface area (Å²) in [6, 6.07) is 6.08. The van der Waals surface area contributed by atoms with E-state index in [1.807, 2.05) is 23.1 Å². The molecule has 3 aliphatic heterocycles. The normalized spacial score (nSPS) is 22.1. The first-order valence-corrected chi connectivity index (χ1v) is 8.75. The molecule has 4 rings (SSSR count). The fourth-order valence-electron chi connectivity index (χ4n) is 3.62. The van der Waals surface area contributed by atoms with Crippen LogP contribution in [-0.4, -0.2) is 50.0 Å². The van der Waals surface area contributed by atoms with E-state index in [-0.39, 0.29) is 12.2 Å². The molecule has 0 aromatic heterocycles. The molecule has 0 saturated carbocycles. The van der Waals surface area contributed by atoms with Crippen LogP contribution in [0.25, 0.3) is 6.08 Å². The van der Waals surface area contributed by atoms with Gasteiger partial charge < -0.3 is 19.1 Å². The Bertz CT molecular complexity index is 628. The largest absolute Gasteiger partial charge is 0.493 e. The van der Waals surface area contributed by atoms with E-state index in [0.717, 1.165) is 50.3 Å². The summed E-state index contributed by atoms with van der Waals surface area (Å²) in [5.41, 5.74) is 2.28. The molecule has 0 bridgehead atoms. The number of likely N-dealkylation sites (tertiary alicyclic amines) is 1. The SMILES string of the molecule is O=C(/C=C/c1ccc2c(c1)CCO2)N1CCC(C2OCCO2)CC1. The van der Waals surface area contributed by atoms with Gasteiger partial charge in [0.05, 0.1) is 19.8 Å². The minimum Gasteiger partial charge on any atom is -0.493 e. The van der Waals surface area contributed by atoms with Crippen molar-refractivity contribution in [3.8, 4) is 5.75 Å². The van der Waals surface area contributed by atoms with E-state index >= 15 is 0 Å². The average Bonchev–Trinajstić information content (AvgIpc) is 3.31. The van der Waals surface area contributed by atoms with E-state index in [1.165, 1.54) is 5.56 Å². The zero-order valence-electron chi connectivity index (χ0n) is 13.8. The number of benzene rings is 1. The molecule has 24 heavy (non-hydrogen) atoms. The molecule has 1 amide bonds. The predicted molar refractivity (Wildman–Crippen MR) is 89.7 cm³/mol. The second-order valence-electron chi connectivity index (χ2n) is 6.57. The summed E-state index contributed by atoms with van der Waals surface area (Å²) in [5.74, 6) is 1.47. The Morgan fingerprint density at radius 3 is 2.71 bits per heavy atom. The van der Waals surface area contributed by atoms with E-state index < -0.39 is 0 Å². The van der Waals surface area contributed by atoms with Gasteiger partial charge in [0.1, 0.15) is 5.75 Å². The van der Waals surface area contributed by atoms with E-state index in [1.54, 1.807) is 6.08 Å². The maximum Gasteiger partial charge on any atom is 0.246 e. The Morgan fingerprint density at radius 1 is 1.12 bits per heavy atom. The van der Waals surface area contributed by atoms with Crippen molar-refractivity contribution in [2.45, 2.75) is 25.6 Å². The standard InChI is InChI=1S/C19H23NO4/c21-18(4-2-14-1-3-17-16(13-14)7-10-22-17)20-8-5-15(6-9-20)19-23-11-12-24-19/h1-4,13,15,19H,5-12H2/b4-2+. The third-order valence-corrected chi connectivity index (χ3v) is 5.02. The minimum absolute atomic E-state index is 0.0635. The van der Waals surface area contributed by atoms with Crippen molar-refractivity contribution >= 4 is 12.0 Å². The molecule has 0 radical (unpaired) electrons. The van der Waals surface area contributed by atoms with Crippen LogP contribution in [0.1, 0.15) is 24.0 Å². The highest BCUT2D eigenvalue weighted by Gasteiger charge is 2.31. The Hall–Kier alpha value is -1.85. The van der Waals surface area contributed by atoms with Crippen molar-refractivity contribution < 1.29 is 19.0 Å². The van der Waals surface area contributed by atoms with Gasteiger partial charge in [-0.25, -0.2) is 0 Å². The highest BCUT2D eigenvalue weighted by Crippen LogP contribution is 2.27. The van der Waals surface area contributed by atoms with E-state index in [0.29, 0.717) is 19.1 Å². The summed E-state index contributed by atoms with van der Waals surface area (Å²) in [6.07, 6.45) is 6.35. The first-order chi connectivity index (χ1) is 11.8. The average molecular weight is 329 g/mol. The van der Waals surface area contributed by atoms with Crippen LogP contribution in [0.4, 0.5) is 0 Å². The summed E-state index contributed by atoms with van der Waals surface area (Å²) in [6.45, 7) is 3.69.